The van der Waals surface area contributed by atoms with Crippen molar-refractivity contribution in [3.8, 4) is 0 Å². The normalized spacial score (nSPS) is 11.4. The molecule has 0 fully saturated rings. The number of fused-ring (bicyclic) bond motifs is 3. The van der Waals surface area contributed by atoms with Crippen LogP contribution in [0.5, 0.6) is 0 Å². The van der Waals surface area contributed by atoms with Crippen LogP contribution in [0.2, 0.25) is 0 Å². The quantitative estimate of drug-likeness (QED) is 0.525. The molecule has 2 aromatic heterocycles. The van der Waals surface area contributed by atoms with Crippen LogP contribution in [0.25, 0.3) is 21.8 Å². The molecule has 0 bridgehead atoms. The highest BCUT2D eigenvalue weighted by atomic mass is 14.9. The molecule has 0 amide bonds. The van der Waals surface area contributed by atoms with Gasteiger partial charge >= 0.3 is 0 Å². The Morgan fingerprint density at radius 2 is 1.64 bits per heavy atom. The van der Waals surface area contributed by atoms with E-state index in [4.69, 9.17) is 0 Å². The molecular formula is C20H18N2. The minimum atomic E-state index is 0.922. The maximum Gasteiger partial charge on any atom is 0.0678 e. The van der Waals surface area contributed by atoms with Gasteiger partial charge in [-0.1, -0.05) is 48.5 Å². The Kier molecular flexibility index (Phi) is 2.97. The summed E-state index contributed by atoms with van der Waals surface area (Å²) in [5.74, 6) is 0. The lowest BCUT2D eigenvalue weighted by atomic mass is 9.99. The van der Waals surface area contributed by atoms with Crippen LogP contribution in [0.4, 0.5) is 0 Å². The van der Waals surface area contributed by atoms with E-state index in [9.17, 15) is 0 Å². The molecule has 0 spiro atoms. The first kappa shape index (κ1) is 13.1. The predicted octanol–water partition coefficient (Wildman–Crippen LogP) is 4.63. The summed E-state index contributed by atoms with van der Waals surface area (Å²) in [5, 5.41) is 2.66. The van der Waals surface area contributed by atoms with Gasteiger partial charge in [-0.2, -0.15) is 0 Å². The van der Waals surface area contributed by atoms with Crippen molar-refractivity contribution in [3.63, 3.8) is 0 Å². The molecule has 108 valence electrons. The maximum absolute atomic E-state index is 4.64. The summed E-state index contributed by atoms with van der Waals surface area (Å²) in [7, 11) is 2.12. The molecule has 0 aliphatic heterocycles. The Labute approximate surface area is 130 Å². The number of hydrogen-bond acceptors (Lipinski definition) is 1. The fourth-order valence-corrected chi connectivity index (χ4v) is 3.31. The summed E-state index contributed by atoms with van der Waals surface area (Å²) >= 11 is 0. The van der Waals surface area contributed by atoms with Gasteiger partial charge < -0.3 is 4.57 Å². The highest BCUT2D eigenvalue weighted by Crippen LogP contribution is 2.32. The van der Waals surface area contributed by atoms with Gasteiger partial charge in [0.15, 0.2) is 0 Å². The van der Waals surface area contributed by atoms with E-state index >= 15 is 0 Å². The Balaban J connectivity index is 2.05. The molecule has 0 saturated carbocycles. The van der Waals surface area contributed by atoms with Crippen molar-refractivity contribution >= 4 is 21.8 Å². The fourth-order valence-electron chi connectivity index (χ4n) is 3.31. The van der Waals surface area contributed by atoms with Crippen molar-refractivity contribution < 1.29 is 0 Å². The first-order valence-corrected chi connectivity index (χ1v) is 7.61. The van der Waals surface area contributed by atoms with Gasteiger partial charge in [-0.15, -0.1) is 0 Å². The molecule has 2 aromatic carbocycles. The van der Waals surface area contributed by atoms with E-state index in [1.165, 1.54) is 32.9 Å². The van der Waals surface area contributed by atoms with Crippen molar-refractivity contribution in [1.82, 2.24) is 9.55 Å². The highest BCUT2D eigenvalue weighted by Gasteiger charge is 2.14. The first-order valence-electron chi connectivity index (χ1n) is 7.61. The molecule has 4 aromatic rings. The van der Waals surface area contributed by atoms with Gasteiger partial charge in [0.1, 0.15) is 0 Å². The third-order valence-corrected chi connectivity index (χ3v) is 4.49. The van der Waals surface area contributed by atoms with Crippen molar-refractivity contribution in [1.29, 1.82) is 0 Å². The summed E-state index contributed by atoms with van der Waals surface area (Å²) in [6.07, 6.45) is 2.92. The molecule has 2 heterocycles. The Morgan fingerprint density at radius 1 is 0.909 bits per heavy atom. The minimum Gasteiger partial charge on any atom is -0.342 e. The fraction of sp³-hybridized carbons (Fsp3) is 0.150. The second kappa shape index (κ2) is 4.99. The zero-order chi connectivity index (χ0) is 15.1. The molecule has 0 radical (unpaired) electrons. The lowest BCUT2D eigenvalue weighted by Crippen LogP contribution is -1.97. The van der Waals surface area contributed by atoms with E-state index in [-0.39, 0.29) is 0 Å². The number of aromatic nitrogens is 2. The average molecular weight is 286 g/mol. The third kappa shape index (κ3) is 1.92. The van der Waals surface area contributed by atoms with Crippen LogP contribution in [0, 0.1) is 6.92 Å². The zero-order valence-electron chi connectivity index (χ0n) is 12.9. The molecular weight excluding hydrogens is 268 g/mol. The second-order valence-electron chi connectivity index (χ2n) is 5.82. The third-order valence-electron chi connectivity index (χ3n) is 4.49. The van der Waals surface area contributed by atoms with Crippen LogP contribution in [-0.4, -0.2) is 9.55 Å². The SMILES string of the molecule is Cc1ncc2c(c1Cc1ccccc1)c1ccccc1n2C. The Hall–Kier alpha value is -2.61. The van der Waals surface area contributed by atoms with Gasteiger partial charge in [-0.3, -0.25) is 4.98 Å². The highest BCUT2D eigenvalue weighted by molar-refractivity contribution is 6.09. The van der Waals surface area contributed by atoms with Crippen molar-refractivity contribution in [2.45, 2.75) is 13.3 Å². The molecule has 4 rings (SSSR count). The summed E-state index contributed by atoms with van der Waals surface area (Å²) in [4.78, 5) is 4.64. The topological polar surface area (TPSA) is 17.8 Å². The molecule has 0 N–H and O–H groups in total. The van der Waals surface area contributed by atoms with Crippen LogP contribution in [0.3, 0.4) is 0 Å². The van der Waals surface area contributed by atoms with Gasteiger partial charge in [0, 0.05) is 29.0 Å². The Bertz CT molecular complexity index is 965. The Morgan fingerprint density at radius 3 is 2.45 bits per heavy atom. The van der Waals surface area contributed by atoms with Crippen molar-refractivity contribution in [2.75, 3.05) is 0 Å². The lowest BCUT2D eigenvalue weighted by molar-refractivity contribution is 1.00. The summed E-state index contributed by atoms with van der Waals surface area (Å²) in [6.45, 7) is 2.11. The van der Waals surface area contributed by atoms with Gasteiger partial charge in [0.2, 0.25) is 0 Å². The van der Waals surface area contributed by atoms with Gasteiger partial charge in [-0.25, -0.2) is 0 Å². The smallest absolute Gasteiger partial charge is 0.0678 e. The van der Waals surface area contributed by atoms with Crippen molar-refractivity contribution in [2.24, 2.45) is 7.05 Å². The summed E-state index contributed by atoms with van der Waals surface area (Å²) in [6, 6.07) is 19.2. The molecule has 0 unspecified atom stereocenters. The summed E-state index contributed by atoms with van der Waals surface area (Å²) < 4.78 is 2.24. The molecule has 22 heavy (non-hydrogen) atoms. The summed E-state index contributed by atoms with van der Waals surface area (Å²) in [5.41, 5.74) is 6.25. The number of rotatable bonds is 2. The van der Waals surface area contributed by atoms with E-state index < -0.39 is 0 Å². The zero-order valence-corrected chi connectivity index (χ0v) is 12.9. The minimum absolute atomic E-state index is 0.922. The number of hydrogen-bond donors (Lipinski definition) is 0. The number of para-hydroxylation sites is 1. The van der Waals surface area contributed by atoms with Gasteiger partial charge in [-0.05, 0) is 30.5 Å². The molecule has 2 nitrogen and oxygen atoms in total. The molecule has 0 atom stereocenters. The number of pyridine rings is 1. The van der Waals surface area contributed by atoms with E-state index in [1.807, 2.05) is 6.20 Å². The largest absolute Gasteiger partial charge is 0.342 e. The number of benzene rings is 2. The van der Waals surface area contributed by atoms with Crippen LogP contribution >= 0.6 is 0 Å². The van der Waals surface area contributed by atoms with E-state index in [0.29, 0.717) is 0 Å². The van der Waals surface area contributed by atoms with Crippen molar-refractivity contribution in [3.05, 3.63) is 77.6 Å². The van der Waals surface area contributed by atoms with Crippen LogP contribution in [-0.2, 0) is 13.5 Å². The predicted molar refractivity (Wildman–Crippen MR) is 92.2 cm³/mol. The monoisotopic (exact) mass is 286 g/mol. The standard InChI is InChI=1S/C20H18N2/c1-14-17(12-15-8-4-3-5-9-15)20-16-10-6-7-11-18(16)22(2)19(20)13-21-14/h3-11,13H,12H2,1-2H3. The molecule has 0 aliphatic rings. The van der Waals surface area contributed by atoms with Gasteiger partial charge in [0.25, 0.3) is 0 Å². The molecule has 0 saturated heterocycles. The first-order chi connectivity index (χ1) is 10.8. The second-order valence-corrected chi connectivity index (χ2v) is 5.82. The lowest BCUT2D eigenvalue weighted by Gasteiger charge is -2.08. The van der Waals surface area contributed by atoms with Gasteiger partial charge in [0.05, 0.1) is 11.7 Å². The molecule has 2 heteroatoms. The van der Waals surface area contributed by atoms with Crippen LogP contribution in [0.15, 0.2) is 60.8 Å². The van der Waals surface area contributed by atoms with E-state index in [0.717, 1.165) is 12.1 Å². The maximum atomic E-state index is 4.64. The number of nitrogens with zero attached hydrogens (tertiary/aromatic N) is 2. The number of aryl methyl sites for hydroxylation is 2. The van der Waals surface area contributed by atoms with E-state index in [1.54, 1.807) is 0 Å². The van der Waals surface area contributed by atoms with Crippen LogP contribution in [0.1, 0.15) is 16.8 Å². The van der Waals surface area contributed by atoms with E-state index in [2.05, 4.69) is 78.1 Å². The van der Waals surface area contributed by atoms with Crippen LogP contribution < -0.4 is 0 Å². The average Bonchev–Trinajstić information content (AvgIpc) is 2.85. The molecule has 0 aliphatic carbocycles.